The van der Waals surface area contributed by atoms with Crippen molar-refractivity contribution in [3.63, 3.8) is 0 Å². The van der Waals surface area contributed by atoms with Gasteiger partial charge in [0, 0.05) is 13.2 Å². The number of methoxy groups -OCH3 is 1. The second kappa shape index (κ2) is 4.88. The Bertz CT molecular complexity index is 332. The van der Waals surface area contributed by atoms with E-state index in [1.807, 2.05) is 4.68 Å². The van der Waals surface area contributed by atoms with Crippen LogP contribution in [-0.2, 0) is 11.3 Å². The predicted molar refractivity (Wildman–Crippen MR) is 58.9 cm³/mol. The lowest BCUT2D eigenvalue weighted by Gasteiger charge is -2.34. The normalized spacial score (nSPS) is 24.8. The van der Waals surface area contributed by atoms with Gasteiger partial charge in [-0.25, -0.2) is 4.68 Å². The van der Waals surface area contributed by atoms with E-state index in [4.69, 9.17) is 4.74 Å². The number of hydrogen-bond acceptors (Lipinski definition) is 5. The standard InChI is InChI=1S/C10H19N5O/c1-7(2)11-6-10-12-13-14-15(10)8-4-9(5-8)16-3/h7-9,11H,4-6H2,1-3H3. The second-order valence-corrected chi connectivity index (χ2v) is 4.56. The molecule has 0 bridgehead atoms. The van der Waals surface area contributed by atoms with Gasteiger partial charge in [0.05, 0.1) is 18.7 Å². The van der Waals surface area contributed by atoms with Gasteiger partial charge < -0.3 is 10.1 Å². The van der Waals surface area contributed by atoms with Gasteiger partial charge >= 0.3 is 0 Å². The summed E-state index contributed by atoms with van der Waals surface area (Å²) in [5, 5.41) is 15.1. The summed E-state index contributed by atoms with van der Waals surface area (Å²) >= 11 is 0. The van der Waals surface area contributed by atoms with E-state index in [1.54, 1.807) is 7.11 Å². The molecule has 0 aromatic carbocycles. The van der Waals surface area contributed by atoms with Gasteiger partial charge in [-0.2, -0.15) is 0 Å². The van der Waals surface area contributed by atoms with Crippen molar-refractivity contribution in [1.29, 1.82) is 0 Å². The maximum atomic E-state index is 5.25. The third-order valence-electron chi connectivity index (χ3n) is 2.98. The Morgan fingerprint density at radius 2 is 2.25 bits per heavy atom. The topological polar surface area (TPSA) is 64.9 Å². The molecule has 1 fully saturated rings. The second-order valence-electron chi connectivity index (χ2n) is 4.56. The molecule has 90 valence electrons. The van der Waals surface area contributed by atoms with E-state index in [0.717, 1.165) is 25.2 Å². The Hall–Kier alpha value is -1.01. The van der Waals surface area contributed by atoms with E-state index in [-0.39, 0.29) is 0 Å². The van der Waals surface area contributed by atoms with Crippen molar-refractivity contribution in [1.82, 2.24) is 25.5 Å². The molecule has 6 nitrogen and oxygen atoms in total. The van der Waals surface area contributed by atoms with Crippen LogP contribution in [0, 0.1) is 0 Å². The quantitative estimate of drug-likeness (QED) is 0.791. The maximum Gasteiger partial charge on any atom is 0.165 e. The maximum absolute atomic E-state index is 5.25. The van der Waals surface area contributed by atoms with Crippen LogP contribution in [-0.4, -0.2) is 39.5 Å². The van der Waals surface area contributed by atoms with E-state index >= 15 is 0 Å². The van der Waals surface area contributed by atoms with Crippen molar-refractivity contribution in [2.75, 3.05) is 7.11 Å². The molecule has 1 aliphatic rings. The van der Waals surface area contributed by atoms with Crippen LogP contribution >= 0.6 is 0 Å². The molecule has 0 unspecified atom stereocenters. The van der Waals surface area contributed by atoms with Crippen LogP contribution in [0.5, 0.6) is 0 Å². The highest BCUT2D eigenvalue weighted by atomic mass is 16.5. The molecule has 1 aromatic heterocycles. The van der Waals surface area contributed by atoms with Crippen LogP contribution in [0.25, 0.3) is 0 Å². The molecular formula is C10H19N5O. The fraction of sp³-hybridized carbons (Fsp3) is 0.900. The third kappa shape index (κ3) is 2.38. The van der Waals surface area contributed by atoms with Crippen LogP contribution in [0.2, 0.25) is 0 Å². The zero-order chi connectivity index (χ0) is 11.5. The smallest absolute Gasteiger partial charge is 0.165 e. The van der Waals surface area contributed by atoms with E-state index < -0.39 is 0 Å². The highest BCUT2D eigenvalue weighted by Gasteiger charge is 2.32. The van der Waals surface area contributed by atoms with Gasteiger partial charge in [-0.3, -0.25) is 0 Å². The number of ether oxygens (including phenoxy) is 1. The summed E-state index contributed by atoms with van der Waals surface area (Å²) in [5.74, 6) is 0.910. The van der Waals surface area contributed by atoms with E-state index in [9.17, 15) is 0 Å². The molecule has 16 heavy (non-hydrogen) atoms. The minimum Gasteiger partial charge on any atom is -0.381 e. The molecule has 1 saturated carbocycles. The molecule has 0 atom stereocenters. The van der Waals surface area contributed by atoms with Crippen molar-refractivity contribution < 1.29 is 4.74 Å². The molecule has 0 radical (unpaired) electrons. The first-order valence-corrected chi connectivity index (χ1v) is 5.73. The molecule has 1 aromatic rings. The van der Waals surface area contributed by atoms with Gasteiger partial charge in [0.25, 0.3) is 0 Å². The minimum atomic E-state index is 0.375. The molecule has 0 saturated heterocycles. The highest BCUT2D eigenvalue weighted by molar-refractivity contribution is 4.91. The summed E-state index contributed by atoms with van der Waals surface area (Å²) in [4.78, 5) is 0. The molecule has 1 N–H and O–H groups in total. The fourth-order valence-electron chi connectivity index (χ4n) is 1.84. The SMILES string of the molecule is COC1CC(n2nnnc2CNC(C)C)C1. The molecule has 0 spiro atoms. The number of nitrogens with one attached hydrogen (secondary N) is 1. The number of tetrazole rings is 1. The van der Waals surface area contributed by atoms with E-state index in [2.05, 4.69) is 34.7 Å². The van der Waals surface area contributed by atoms with Gasteiger partial charge in [0.2, 0.25) is 0 Å². The van der Waals surface area contributed by atoms with Gasteiger partial charge in [0.1, 0.15) is 0 Å². The van der Waals surface area contributed by atoms with Crippen molar-refractivity contribution in [2.24, 2.45) is 0 Å². The third-order valence-corrected chi connectivity index (χ3v) is 2.98. The first kappa shape index (κ1) is 11.5. The summed E-state index contributed by atoms with van der Waals surface area (Å²) in [7, 11) is 1.75. The first-order chi connectivity index (χ1) is 7.70. The summed E-state index contributed by atoms with van der Waals surface area (Å²) < 4.78 is 7.18. The monoisotopic (exact) mass is 225 g/mol. The lowest BCUT2D eigenvalue weighted by atomic mass is 9.89. The van der Waals surface area contributed by atoms with Crippen LogP contribution in [0.3, 0.4) is 0 Å². The van der Waals surface area contributed by atoms with Crippen molar-refractivity contribution in [3.05, 3.63) is 5.82 Å². The molecule has 0 amide bonds. The molecule has 0 aliphatic heterocycles. The van der Waals surface area contributed by atoms with Crippen LogP contribution in [0.15, 0.2) is 0 Å². The summed E-state index contributed by atoms with van der Waals surface area (Å²) in [6.45, 7) is 4.94. The fourth-order valence-corrected chi connectivity index (χ4v) is 1.84. The van der Waals surface area contributed by atoms with Crippen molar-refractivity contribution >= 4 is 0 Å². The number of rotatable bonds is 5. The predicted octanol–water partition coefficient (Wildman–Crippen LogP) is 0.521. The zero-order valence-corrected chi connectivity index (χ0v) is 10.1. The van der Waals surface area contributed by atoms with Crippen molar-refractivity contribution in [2.45, 2.75) is 51.4 Å². The molecule has 1 aliphatic carbocycles. The highest BCUT2D eigenvalue weighted by Crippen LogP contribution is 2.33. The van der Waals surface area contributed by atoms with Crippen LogP contribution in [0.4, 0.5) is 0 Å². The molecule has 1 heterocycles. The zero-order valence-electron chi connectivity index (χ0n) is 10.1. The van der Waals surface area contributed by atoms with Gasteiger partial charge in [-0.05, 0) is 23.3 Å². The Labute approximate surface area is 95.4 Å². The van der Waals surface area contributed by atoms with E-state index in [1.165, 1.54) is 0 Å². The average molecular weight is 225 g/mol. The van der Waals surface area contributed by atoms with Crippen LogP contribution < -0.4 is 5.32 Å². The number of hydrogen-bond donors (Lipinski definition) is 1. The minimum absolute atomic E-state index is 0.375. The lowest BCUT2D eigenvalue weighted by molar-refractivity contribution is 0.000929. The Morgan fingerprint density at radius 3 is 2.88 bits per heavy atom. The summed E-state index contributed by atoms with van der Waals surface area (Å²) in [5.41, 5.74) is 0. The Morgan fingerprint density at radius 1 is 1.50 bits per heavy atom. The molecular weight excluding hydrogens is 206 g/mol. The lowest BCUT2D eigenvalue weighted by Crippen LogP contribution is -2.35. The molecule has 6 heteroatoms. The van der Waals surface area contributed by atoms with Gasteiger partial charge in [-0.1, -0.05) is 13.8 Å². The van der Waals surface area contributed by atoms with Gasteiger partial charge in [0.15, 0.2) is 5.82 Å². The Balaban J connectivity index is 1.92. The summed E-state index contributed by atoms with van der Waals surface area (Å²) in [6.07, 6.45) is 2.40. The largest absolute Gasteiger partial charge is 0.381 e. The molecule has 2 rings (SSSR count). The number of aromatic nitrogens is 4. The van der Waals surface area contributed by atoms with Crippen LogP contribution in [0.1, 0.15) is 38.6 Å². The first-order valence-electron chi connectivity index (χ1n) is 5.73. The van der Waals surface area contributed by atoms with E-state index in [0.29, 0.717) is 18.2 Å². The number of nitrogens with zero attached hydrogens (tertiary/aromatic N) is 4. The van der Waals surface area contributed by atoms with Crippen molar-refractivity contribution in [3.8, 4) is 0 Å². The van der Waals surface area contributed by atoms with Gasteiger partial charge in [-0.15, -0.1) is 5.10 Å². The summed E-state index contributed by atoms with van der Waals surface area (Å²) in [6, 6.07) is 0.849. The Kier molecular flexibility index (Phi) is 3.50. The average Bonchev–Trinajstić information content (AvgIpc) is 2.61.